The summed E-state index contributed by atoms with van der Waals surface area (Å²) in [6.07, 6.45) is 4.55. The third-order valence-electron chi connectivity index (χ3n) is 7.43. The third kappa shape index (κ3) is 7.29. The van der Waals surface area contributed by atoms with Gasteiger partial charge in [-0.3, -0.25) is 9.69 Å². The summed E-state index contributed by atoms with van der Waals surface area (Å²) in [5.74, 6) is 1.59. The number of likely N-dealkylation sites (tertiary alicyclic amines) is 1. The smallest absolute Gasteiger partial charge is 0.323 e. The van der Waals surface area contributed by atoms with Gasteiger partial charge in [-0.2, -0.15) is 0 Å². The van der Waals surface area contributed by atoms with Crippen LogP contribution >= 0.6 is 0 Å². The highest BCUT2D eigenvalue weighted by Crippen LogP contribution is 2.24. The molecule has 2 aliphatic rings. The van der Waals surface area contributed by atoms with Crippen LogP contribution in [0.15, 0.2) is 78.9 Å². The van der Waals surface area contributed by atoms with E-state index in [2.05, 4.69) is 25.8 Å². The lowest BCUT2D eigenvalue weighted by Crippen LogP contribution is -2.50. The number of anilines is 3. The van der Waals surface area contributed by atoms with Gasteiger partial charge >= 0.3 is 6.03 Å². The lowest BCUT2D eigenvalue weighted by Gasteiger charge is -2.32. The summed E-state index contributed by atoms with van der Waals surface area (Å²) < 4.78 is 5.79. The van der Waals surface area contributed by atoms with E-state index in [0.717, 1.165) is 44.0 Å². The van der Waals surface area contributed by atoms with E-state index in [1.807, 2.05) is 73.7 Å². The molecule has 0 aromatic heterocycles. The van der Waals surface area contributed by atoms with Gasteiger partial charge in [-0.15, -0.1) is 0 Å². The summed E-state index contributed by atoms with van der Waals surface area (Å²) in [6, 6.07) is 24.4. The highest BCUT2D eigenvalue weighted by Gasteiger charge is 2.28. The normalized spacial score (nSPS) is 18.3. The Labute approximate surface area is 230 Å². The minimum Gasteiger partial charge on any atom is -0.457 e. The fraction of sp³-hybridized carbons (Fsp3) is 0.355. The lowest BCUT2D eigenvalue weighted by atomic mass is 10.1. The molecule has 3 amide bonds. The standard InChI is InChI=1S/C31H37N5O3/c1-23(35-19-6-3-7-20-35)30(37)32-26-18-21-36(22-26)27-14-10-24(11-15-27)33-31(38)34-25-12-16-29(17-13-25)39-28-8-4-2-5-9-28/h2,4-5,8-17,23,26H,3,6-7,18-22H2,1H3,(H,32,37)(H2,33,34,38). The average Bonchev–Trinajstić information content (AvgIpc) is 3.43. The molecule has 3 aromatic carbocycles. The number of carbonyl (C=O) groups excluding carboxylic acids is 2. The topological polar surface area (TPSA) is 85.9 Å². The molecule has 0 radical (unpaired) electrons. The zero-order valence-corrected chi connectivity index (χ0v) is 22.4. The van der Waals surface area contributed by atoms with Crippen LogP contribution in [0.25, 0.3) is 0 Å². The van der Waals surface area contributed by atoms with E-state index < -0.39 is 0 Å². The Morgan fingerprint density at radius 1 is 0.795 bits per heavy atom. The zero-order chi connectivity index (χ0) is 27.0. The average molecular weight is 528 g/mol. The fourth-order valence-corrected chi connectivity index (χ4v) is 5.19. The molecule has 2 atom stereocenters. The van der Waals surface area contributed by atoms with Gasteiger partial charge in [-0.05, 0) is 99.9 Å². The summed E-state index contributed by atoms with van der Waals surface area (Å²) in [6.45, 7) is 5.72. The van der Waals surface area contributed by atoms with Gasteiger partial charge < -0.3 is 25.6 Å². The van der Waals surface area contributed by atoms with Crippen molar-refractivity contribution in [2.24, 2.45) is 0 Å². The zero-order valence-electron chi connectivity index (χ0n) is 22.4. The molecule has 2 heterocycles. The van der Waals surface area contributed by atoms with Crippen molar-refractivity contribution in [3.63, 3.8) is 0 Å². The van der Waals surface area contributed by atoms with Crippen molar-refractivity contribution in [2.45, 2.75) is 44.7 Å². The first-order valence-corrected chi connectivity index (χ1v) is 13.8. The maximum Gasteiger partial charge on any atom is 0.323 e. The first-order valence-electron chi connectivity index (χ1n) is 13.8. The maximum absolute atomic E-state index is 12.8. The Morgan fingerprint density at radius 3 is 2.08 bits per heavy atom. The molecular weight excluding hydrogens is 490 g/mol. The van der Waals surface area contributed by atoms with Crippen LogP contribution in [-0.2, 0) is 4.79 Å². The monoisotopic (exact) mass is 527 g/mol. The van der Waals surface area contributed by atoms with Crippen molar-refractivity contribution in [3.8, 4) is 11.5 Å². The maximum atomic E-state index is 12.8. The minimum atomic E-state index is -0.314. The molecule has 8 heteroatoms. The third-order valence-corrected chi connectivity index (χ3v) is 7.43. The molecule has 3 N–H and O–H groups in total. The van der Waals surface area contributed by atoms with E-state index in [-0.39, 0.29) is 24.0 Å². The van der Waals surface area contributed by atoms with Gasteiger partial charge in [0, 0.05) is 36.2 Å². The van der Waals surface area contributed by atoms with Crippen LogP contribution in [0, 0.1) is 0 Å². The predicted molar refractivity (Wildman–Crippen MR) is 156 cm³/mol. The van der Waals surface area contributed by atoms with Crippen molar-refractivity contribution in [3.05, 3.63) is 78.9 Å². The van der Waals surface area contributed by atoms with Crippen LogP contribution in [0.2, 0.25) is 0 Å². The van der Waals surface area contributed by atoms with Gasteiger partial charge in [0.1, 0.15) is 11.5 Å². The van der Waals surface area contributed by atoms with E-state index in [0.29, 0.717) is 17.1 Å². The molecule has 2 fully saturated rings. The summed E-state index contributed by atoms with van der Waals surface area (Å²) >= 11 is 0. The van der Waals surface area contributed by atoms with E-state index in [4.69, 9.17) is 4.74 Å². The van der Waals surface area contributed by atoms with E-state index in [1.165, 1.54) is 19.3 Å². The number of amides is 3. The second-order valence-electron chi connectivity index (χ2n) is 10.3. The van der Waals surface area contributed by atoms with E-state index in [1.54, 1.807) is 12.1 Å². The number of urea groups is 1. The van der Waals surface area contributed by atoms with Crippen molar-refractivity contribution in [1.29, 1.82) is 0 Å². The van der Waals surface area contributed by atoms with Crippen molar-refractivity contribution in [2.75, 3.05) is 41.7 Å². The predicted octanol–water partition coefficient (Wildman–Crippen LogP) is 5.69. The largest absolute Gasteiger partial charge is 0.457 e. The number of piperidine rings is 1. The van der Waals surface area contributed by atoms with Crippen molar-refractivity contribution >= 4 is 29.0 Å². The van der Waals surface area contributed by atoms with Gasteiger partial charge in [0.2, 0.25) is 5.91 Å². The first-order chi connectivity index (χ1) is 19.0. The number of carbonyl (C=O) groups is 2. The second-order valence-corrected chi connectivity index (χ2v) is 10.3. The van der Waals surface area contributed by atoms with Gasteiger partial charge in [-0.1, -0.05) is 24.6 Å². The summed E-state index contributed by atoms with van der Waals surface area (Å²) in [4.78, 5) is 29.9. The molecule has 0 saturated carbocycles. The molecule has 204 valence electrons. The molecule has 0 aliphatic carbocycles. The SMILES string of the molecule is CC(C(=O)NC1CCN(c2ccc(NC(=O)Nc3ccc(Oc4ccccc4)cc3)cc2)C1)N1CCCCC1. The van der Waals surface area contributed by atoms with Gasteiger partial charge in [0.15, 0.2) is 0 Å². The Balaban J connectivity index is 1.07. The van der Waals surface area contributed by atoms with Crippen LogP contribution in [0.4, 0.5) is 21.9 Å². The molecule has 8 nitrogen and oxygen atoms in total. The van der Waals surface area contributed by atoms with Crippen molar-refractivity contribution in [1.82, 2.24) is 10.2 Å². The van der Waals surface area contributed by atoms with Crippen LogP contribution in [0.3, 0.4) is 0 Å². The van der Waals surface area contributed by atoms with Crippen molar-refractivity contribution < 1.29 is 14.3 Å². The molecular formula is C31H37N5O3. The van der Waals surface area contributed by atoms with E-state index >= 15 is 0 Å². The minimum absolute atomic E-state index is 0.0728. The van der Waals surface area contributed by atoms with Gasteiger partial charge in [0.25, 0.3) is 0 Å². The second kappa shape index (κ2) is 12.7. The lowest BCUT2D eigenvalue weighted by molar-refractivity contribution is -0.126. The highest BCUT2D eigenvalue weighted by atomic mass is 16.5. The number of ether oxygens (including phenoxy) is 1. The Hall–Kier alpha value is -4.04. The highest BCUT2D eigenvalue weighted by molar-refractivity contribution is 5.99. The molecule has 2 saturated heterocycles. The fourth-order valence-electron chi connectivity index (χ4n) is 5.19. The molecule has 2 unspecified atom stereocenters. The summed E-state index contributed by atoms with van der Waals surface area (Å²) in [5, 5.41) is 8.98. The van der Waals surface area contributed by atoms with Gasteiger partial charge in [-0.25, -0.2) is 4.79 Å². The molecule has 2 aliphatic heterocycles. The van der Waals surface area contributed by atoms with E-state index in [9.17, 15) is 9.59 Å². The number of nitrogens with one attached hydrogen (secondary N) is 3. The number of benzene rings is 3. The quantitative estimate of drug-likeness (QED) is 0.350. The summed E-state index contributed by atoms with van der Waals surface area (Å²) in [5.41, 5.74) is 2.46. The number of hydrogen-bond acceptors (Lipinski definition) is 5. The van der Waals surface area contributed by atoms with Crippen LogP contribution < -0.4 is 25.6 Å². The Morgan fingerprint density at radius 2 is 1.41 bits per heavy atom. The molecule has 5 rings (SSSR count). The molecule has 3 aromatic rings. The van der Waals surface area contributed by atoms with Crippen LogP contribution in [0.1, 0.15) is 32.6 Å². The van der Waals surface area contributed by atoms with Crippen LogP contribution in [0.5, 0.6) is 11.5 Å². The number of rotatable bonds is 8. The Bertz CT molecular complexity index is 1230. The van der Waals surface area contributed by atoms with Crippen LogP contribution in [-0.4, -0.2) is 55.1 Å². The Kier molecular flexibility index (Phi) is 8.63. The number of para-hydroxylation sites is 1. The van der Waals surface area contributed by atoms with Gasteiger partial charge in [0.05, 0.1) is 6.04 Å². The number of nitrogens with zero attached hydrogens (tertiary/aromatic N) is 2. The first kappa shape index (κ1) is 26.6. The summed E-state index contributed by atoms with van der Waals surface area (Å²) in [7, 11) is 0. The molecule has 39 heavy (non-hydrogen) atoms. The molecule has 0 spiro atoms. The molecule has 0 bridgehead atoms. The number of hydrogen-bond donors (Lipinski definition) is 3.